The molecule has 2 aromatic rings. The molecule has 126 valence electrons. The van der Waals surface area contributed by atoms with Gasteiger partial charge in [0.05, 0.1) is 19.4 Å². The number of aryl methyl sites for hydroxylation is 1. The average Bonchev–Trinajstić information content (AvgIpc) is 2.57. The van der Waals surface area contributed by atoms with E-state index in [1.165, 1.54) is 18.3 Å². The predicted molar refractivity (Wildman–Crippen MR) is 90.8 cm³/mol. The normalized spacial score (nSPS) is 15.0. The molecular weight excluding hydrogens is 310 g/mol. The van der Waals surface area contributed by atoms with Gasteiger partial charge in [0.15, 0.2) is 5.82 Å². The molecule has 2 heterocycles. The van der Waals surface area contributed by atoms with Crippen molar-refractivity contribution in [2.24, 2.45) is 5.10 Å². The lowest BCUT2D eigenvalue weighted by atomic mass is 10.2. The molecule has 0 aliphatic carbocycles. The number of anilines is 2. The Bertz CT molecular complexity index is 744. The molecular formula is C16H19N5O3. The summed E-state index contributed by atoms with van der Waals surface area (Å²) in [6.45, 7) is 4.74. The van der Waals surface area contributed by atoms with E-state index in [1.54, 1.807) is 12.1 Å². The van der Waals surface area contributed by atoms with Crippen molar-refractivity contribution >= 4 is 18.0 Å². The molecule has 0 amide bonds. The Balaban J connectivity index is 1.72. The number of benzene rings is 1. The van der Waals surface area contributed by atoms with Crippen LogP contribution in [-0.2, 0) is 4.74 Å². The number of hydrazone groups is 1. The van der Waals surface area contributed by atoms with E-state index >= 15 is 0 Å². The predicted octanol–water partition coefficient (Wildman–Crippen LogP) is 1.48. The number of hydrogen-bond acceptors (Lipinski definition) is 8. The number of ether oxygens (including phenoxy) is 1. The van der Waals surface area contributed by atoms with Gasteiger partial charge in [0.2, 0.25) is 5.95 Å². The molecule has 0 radical (unpaired) electrons. The molecule has 3 N–H and O–H groups in total. The van der Waals surface area contributed by atoms with Crippen LogP contribution in [0.25, 0.3) is 0 Å². The topological polar surface area (TPSA) is 103 Å². The van der Waals surface area contributed by atoms with Crippen LogP contribution in [0, 0.1) is 6.92 Å². The lowest BCUT2D eigenvalue weighted by molar-refractivity contribution is 0.122. The number of phenolic OH excluding ortho intramolecular Hbond substituents is 2. The number of hydrogen-bond donors (Lipinski definition) is 3. The fourth-order valence-corrected chi connectivity index (χ4v) is 2.32. The highest BCUT2D eigenvalue weighted by Gasteiger charge is 2.14. The fraction of sp³-hybridized carbons (Fsp3) is 0.312. The number of nitrogens with zero attached hydrogens (tertiary/aromatic N) is 4. The lowest BCUT2D eigenvalue weighted by Crippen LogP contribution is -2.37. The van der Waals surface area contributed by atoms with Gasteiger partial charge in [-0.2, -0.15) is 10.1 Å². The van der Waals surface area contributed by atoms with Crippen LogP contribution in [-0.4, -0.2) is 52.7 Å². The Morgan fingerprint density at radius 3 is 2.75 bits per heavy atom. The van der Waals surface area contributed by atoms with E-state index in [-0.39, 0.29) is 11.5 Å². The molecule has 0 unspecified atom stereocenters. The first kappa shape index (κ1) is 16.0. The van der Waals surface area contributed by atoms with Crippen LogP contribution >= 0.6 is 0 Å². The SMILES string of the molecule is Cc1cc(N/N=C\c2ccc(O)cc2O)nc(N2CCOCC2)n1. The number of aromatic hydroxyl groups is 2. The largest absolute Gasteiger partial charge is 0.508 e. The average molecular weight is 329 g/mol. The molecule has 1 aliphatic heterocycles. The lowest BCUT2D eigenvalue weighted by Gasteiger charge is -2.27. The summed E-state index contributed by atoms with van der Waals surface area (Å²) >= 11 is 0. The molecule has 1 aromatic carbocycles. The van der Waals surface area contributed by atoms with E-state index in [1.807, 2.05) is 6.92 Å². The van der Waals surface area contributed by atoms with Crippen LogP contribution in [0.1, 0.15) is 11.3 Å². The monoisotopic (exact) mass is 329 g/mol. The van der Waals surface area contributed by atoms with Crippen molar-refractivity contribution in [2.45, 2.75) is 6.92 Å². The summed E-state index contributed by atoms with van der Waals surface area (Å²) in [5.74, 6) is 1.16. The molecule has 0 atom stereocenters. The van der Waals surface area contributed by atoms with Crippen molar-refractivity contribution in [3.05, 3.63) is 35.5 Å². The second-order valence-electron chi connectivity index (χ2n) is 5.41. The maximum absolute atomic E-state index is 9.72. The van der Waals surface area contributed by atoms with Gasteiger partial charge in [-0.1, -0.05) is 0 Å². The number of rotatable bonds is 4. The van der Waals surface area contributed by atoms with Crippen LogP contribution in [0.5, 0.6) is 11.5 Å². The molecule has 1 aliphatic rings. The number of morpholine rings is 1. The second-order valence-corrected chi connectivity index (χ2v) is 5.41. The molecule has 3 rings (SSSR count). The van der Waals surface area contributed by atoms with E-state index in [2.05, 4.69) is 25.4 Å². The summed E-state index contributed by atoms with van der Waals surface area (Å²) in [4.78, 5) is 11.0. The van der Waals surface area contributed by atoms with E-state index < -0.39 is 0 Å². The van der Waals surface area contributed by atoms with Crippen molar-refractivity contribution in [3.63, 3.8) is 0 Å². The Labute approximate surface area is 139 Å². The van der Waals surface area contributed by atoms with Gasteiger partial charge in [0.1, 0.15) is 11.5 Å². The zero-order valence-electron chi connectivity index (χ0n) is 13.3. The summed E-state index contributed by atoms with van der Waals surface area (Å²) in [7, 11) is 0. The van der Waals surface area contributed by atoms with Gasteiger partial charge < -0.3 is 19.8 Å². The maximum Gasteiger partial charge on any atom is 0.227 e. The minimum Gasteiger partial charge on any atom is -0.508 e. The Morgan fingerprint density at radius 1 is 1.21 bits per heavy atom. The van der Waals surface area contributed by atoms with E-state index in [4.69, 9.17) is 4.74 Å². The number of phenols is 2. The number of nitrogens with one attached hydrogen (secondary N) is 1. The zero-order valence-corrected chi connectivity index (χ0v) is 13.3. The van der Waals surface area contributed by atoms with Crippen molar-refractivity contribution in [2.75, 3.05) is 36.6 Å². The highest BCUT2D eigenvalue weighted by Crippen LogP contribution is 2.21. The molecule has 1 fully saturated rings. The summed E-state index contributed by atoms with van der Waals surface area (Å²) in [5, 5.41) is 23.1. The first-order valence-corrected chi connectivity index (χ1v) is 7.61. The van der Waals surface area contributed by atoms with Gasteiger partial charge in [0.25, 0.3) is 0 Å². The zero-order chi connectivity index (χ0) is 16.9. The molecule has 0 saturated carbocycles. The van der Waals surface area contributed by atoms with E-state index in [9.17, 15) is 10.2 Å². The highest BCUT2D eigenvalue weighted by atomic mass is 16.5. The van der Waals surface area contributed by atoms with Gasteiger partial charge in [-0.25, -0.2) is 4.98 Å². The molecule has 1 aromatic heterocycles. The summed E-state index contributed by atoms with van der Waals surface area (Å²) < 4.78 is 5.34. The Kier molecular flexibility index (Phi) is 4.76. The van der Waals surface area contributed by atoms with Crippen molar-refractivity contribution in [1.82, 2.24) is 9.97 Å². The third-order valence-corrected chi connectivity index (χ3v) is 3.53. The standard InChI is InChI=1S/C16H19N5O3/c1-11-8-15(19-16(18-11)21-4-6-24-7-5-21)20-17-10-12-2-3-13(22)9-14(12)23/h2-3,8-10,22-23H,4-7H2,1H3,(H,18,19,20)/b17-10-. The quantitative estimate of drug-likeness (QED) is 0.576. The molecule has 8 nitrogen and oxygen atoms in total. The minimum atomic E-state index is -0.0478. The van der Waals surface area contributed by atoms with Crippen molar-refractivity contribution in [3.8, 4) is 11.5 Å². The minimum absolute atomic E-state index is 0.000752. The van der Waals surface area contributed by atoms with Gasteiger partial charge in [0, 0.05) is 36.5 Å². The molecule has 8 heteroatoms. The van der Waals surface area contributed by atoms with Gasteiger partial charge in [-0.15, -0.1) is 0 Å². The number of aromatic nitrogens is 2. The van der Waals surface area contributed by atoms with Gasteiger partial charge in [-0.3, -0.25) is 5.43 Å². The van der Waals surface area contributed by atoms with Crippen LogP contribution in [0.2, 0.25) is 0 Å². The maximum atomic E-state index is 9.72. The van der Waals surface area contributed by atoms with Gasteiger partial charge >= 0.3 is 0 Å². The second kappa shape index (κ2) is 7.14. The van der Waals surface area contributed by atoms with E-state index in [0.29, 0.717) is 30.5 Å². The summed E-state index contributed by atoms with van der Waals surface area (Å²) in [6, 6.07) is 6.09. The third kappa shape index (κ3) is 3.90. The first-order valence-electron chi connectivity index (χ1n) is 7.61. The molecule has 1 saturated heterocycles. The summed E-state index contributed by atoms with van der Waals surface area (Å²) in [6.07, 6.45) is 1.46. The van der Waals surface area contributed by atoms with Crippen LogP contribution in [0.3, 0.4) is 0 Å². The Morgan fingerprint density at radius 2 is 2.00 bits per heavy atom. The molecule has 24 heavy (non-hydrogen) atoms. The van der Waals surface area contributed by atoms with Crippen LogP contribution in [0.15, 0.2) is 29.4 Å². The molecule has 0 spiro atoms. The highest BCUT2D eigenvalue weighted by molar-refractivity contribution is 5.84. The van der Waals surface area contributed by atoms with Gasteiger partial charge in [-0.05, 0) is 19.1 Å². The van der Waals surface area contributed by atoms with E-state index in [0.717, 1.165) is 18.8 Å². The fourth-order valence-electron chi connectivity index (χ4n) is 2.32. The first-order chi connectivity index (χ1) is 11.6. The van der Waals surface area contributed by atoms with Crippen molar-refractivity contribution < 1.29 is 14.9 Å². The Hall–Kier alpha value is -2.87. The van der Waals surface area contributed by atoms with Crippen molar-refractivity contribution in [1.29, 1.82) is 0 Å². The molecule has 0 bridgehead atoms. The third-order valence-electron chi connectivity index (χ3n) is 3.53. The smallest absolute Gasteiger partial charge is 0.227 e. The van der Waals surface area contributed by atoms with Crippen LogP contribution < -0.4 is 10.3 Å². The van der Waals surface area contributed by atoms with Crippen LogP contribution in [0.4, 0.5) is 11.8 Å². The summed E-state index contributed by atoms with van der Waals surface area (Å²) in [5.41, 5.74) is 4.16.